The van der Waals surface area contributed by atoms with Gasteiger partial charge in [-0.2, -0.15) is 0 Å². The number of phenols is 1. The fourth-order valence-corrected chi connectivity index (χ4v) is 1.97. The maximum absolute atomic E-state index is 9.30. The topological polar surface area (TPSA) is 40.5 Å². The van der Waals surface area contributed by atoms with E-state index in [1.807, 2.05) is 48.6 Å². The van der Waals surface area contributed by atoms with E-state index >= 15 is 0 Å². The Hall–Kier alpha value is -2.32. The molecule has 0 amide bonds. The number of aliphatic hydroxyl groups is 1. The molecular formula is C18H18O2. The first-order valence-corrected chi connectivity index (χ1v) is 6.52. The van der Waals surface area contributed by atoms with Crippen molar-refractivity contribution in [3.63, 3.8) is 0 Å². The Labute approximate surface area is 119 Å². The zero-order chi connectivity index (χ0) is 14.4. The van der Waals surface area contributed by atoms with Gasteiger partial charge in [-0.25, -0.2) is 0 Å². The number of phenolic OH excluding ortho intramolecular Hbond substituents is 1. The van der Waals surface area contributed by atoms with Crippen molar-refractivity contribution in [3.05, 3.63) is 84.0 Å². The summed E-state index contributed by atoms with van der Waals surface area (Å²) in [5, 5.41) is 18.3. The van der Waals surface area contributed by atoms with E-state index in [1.165, 1.54) is 0 Å². The molecule has 0 heterocycles. The Kier molecular flexibility index (Phi) is 4.75. The molecule has 0 aliphatic rings. The molecule has 0 unspecified atom stereocenters. The zero-order valence-electron chi connectivity index (χ0n) is 11.2. The number of benzene rings is 2. The third kappa shape index (κ3) is 3.59. The first-order chi connectivity index (χ1) is 9.72. The van der Waals surface area contributed by atoms with Crippen molar-refractivity contribution in [2.45, 2.75) is 12.5 Å². The van der Waals surface area contributed by atoms with Crippen molar-refractivity contribution in [2.24, 2.45) is 0 Å². The molecule has 0 saturated carbocycles. The van der Waals surface area contributed by atoms with Crippen LogP contribution < -0.4 is 0 Å². The van der Waals surface area contributed by atoms with Crippen LogP contribution in [0, 0.1) is 0 Å². The van der Waals surface area contributed by atoms with Gasteiger partial charge >= 0.3 is 0 Å². The van der Waals surface area contributed by atoms with Crippen LogP contribution >= 0.6 is 0 Å². The standard InChI is InChI=1S/C18H18O2/c1-2-16(17-9-11-18(20)12-10-17)8-7-14-3-5-15(13-19)6-4-14/h2-12,16,19-20H,1,13H2/t16-/m1/s1. The van der Waals surface area contributed by atoms with Crippen LogP contribution in [0.4, 0.5) is 0 Å². The lowest BCUT2D eigenvalue weighted by Gasteiger charge is -2.08. The summed E-state index contributed by atoms with van der Waals surface area (Å²) in [6, 6.07) is 14.9. The number of aliphatic hydroxyl groups excluding tert-OH is 1. The minimum Gasteiger partial charge on any atom is -0.508 e. The first-order valence-electron chi connectivity index (χ1n) is 6.52. The summed E-state index contributed by atoms with van der Waals surface area (Å²) in [6.45, 7) is 3.91. The van der Waals surface area contributed by atoms with Gasteiger partial charge in [0.2, 0.25) is 0 Å². The average molecular weight is 266 g/mol. The molecule has 0 radical (unpaired) electrons. The predicted molar refractivity (Wildman–Crippen MR) is 82.4 cm³/mol. The van der Waals surface area contributed by atoms with Gasteiger partial charge in [0.05, 0.1) is 6.61 Å². The van der Waals surface area contributed by atoms with Crippen LogP contribution in [0.15, 0.2) is 67.3 Å². The monoisotopic (exact) mass is 266 g/mol. The molecular weight excluding hydrogens is 248 g/mol. The fourth-order valence-electron chi connectivity index (χ4n) is 1.97. The summed E-state index contributed by atoms with van der Waals surface area (Å²) in [6.07, 6.45) is 5.96. The van der Waals surface area contributed by atoms with Crippen molar-refractivity contribution < 1.29 is 10.2 Å². The summed E-state index contributed by atoms with van der Waals surface area (Å²) in [7, 11) is 0. The van der Waals surface area contributed by atoms with Crippen LogP contribution in [-0.4, -0.2) is 10.2 Å². The maximum atomic E-state index is 9.30. The molecule has 0 spiro atoms. The number of allylic oxidation sites excluding steroid dienone is 2. The third-order valence-electron chi connectivity index (χ3n) is 3.19. The molecule has 0 saturated heterocycles. The average Bonchev–Trinajstić information content (AvgIpc) is 2.50. The van der Waals surface area contributed by atoms with Crippen molar-refractivity contribution >= 4 is 6.08 Å². The van der Waals surface area contributed by atoms with E-state index in [1.54, 1.807) is 12.1 Å². The van der Waals surface area contributed by atoms with E-state index in [-0.39, 0.29) is 18.3 Å². The number of aromatic hydroxyl groups is 1. The van der Waals surface area contributed by atoms with Crippen LogP contribution in [0.3, 0.4) is 0 Å². The second-order valence-corrected chi connectivity index (χ2v) is 4.61. The number of hydrogen-bond donors (Lipinski definition) is 2. The van der Waals surface area contributed by atoms with E-state index in [0.717, 1.165) is 16.7 Å². The Morgan fingerprint density at radius 2 is 1.65 bits per heavy atom. The highest BCUT2D eigenvalue weighted by molar-refractivity contribution is 5.52. The number of hydrogen-bond acceptors (Lipinski definition) is 2. The molecule has 2 heteroatoms. The van der Waals surface area contributed by atoms with E-state index in [9.17, 15) is 5.11 Å². The van der Waals surface area contributed by atoms with Gasteiger partial charge in [-0.3, -0.25) is 0 Å². The molecule has 0 aliphatic heterocycles. The van der Waals surface area contributed by atoms with Gasteiger partial charge in [0.1, 0.15) is 5.75 Å². The molecule has 1 atom stereocenters. The largest absolute Gasteiger partial charge is 0.508 e. The zero-order valence-corrected chi connectivity index (χ0v) is 11.2. The molecule has 0 fully saturated rings. The summed E-state index contributed by atoms with van der Waals surface area (Å²) in [5.74, 6) is 0.369. The lowest BCUT2D eigenvalue weighted by molar-refractivity contribution is 0.282. The quantitative estimate of drug-likeness (QED) is 0.807. The highest BCUT2D eigenvalue weighted by Crippen LogP contribution is 2.22. The number of rotatable bonds is 5. The van der Waals surface area contributed by atoms with Crippen LogP contribution in [0.2, 0.25) is 0 Å². The Balaban J connectivity index is 2.14. The highest BCUT2D eigenvalue weighted by atomic mass is 16.3. The van der Waals surface area contributed by atoms with Gasteiger partial charge in [-0.15, -0.1) is 6.58 Å². The molecule has 0 aromatic heterocycles. The molecule has 2 aromatic rings. The lowest BCUT2D eigenvalue weighted by atomic mass is 9.97. The highest BCUT2D eigenvalue weighted by Gasteiger charge is 2.03. The van der Waals surface area contributed by atoms with Crippen LogP contribution in [0.5, 0.6) is 5.75 Å². The van der Waals surface area contributed by atoms with E-state index in [2.05, 4.69) is 12.7 Å². The predicted octanol–water partition coefficient (Wildman–Crippen LogP) is 3.87. The van der Waals surface area contributed by atoms with Crippen molar-refractivity contribution in [1.29, 1.82) is 0 Å². The molecule has 2 aromatic carbocycles. The molecule has 2 rings (SSSR count). The van der Waals surface area contributed by atoms with Crippen molar-refractivity contribution in [2.75, 3.05) is 0 Å². The van der Waals surface area contributed by atoms with E-state index in [0.29, 0.717) is 0 Å². The summed E-state index contributed by atoms with van der Waals surface area (Å²) < 4.78 is 0. The van der Waals surface area contributed by atoms with E-state index in [4.69, 9.17) is 5.11 Å². The van der Waals surface area contributed by atoms with Crippen LogP contribution in [0.1, 0.15) is 22.6 Å². The molecule has 0 bridgehead atoms. The minimum absolute atomic E-state index is 0.0623. The van der Waals surface area contributed by atoms with Gasteiger partial charge < -0.3 is 10.2 Å². The molecule has 20 heavy (non-hydrogen) atoms. The summed E-state index contributed by atoms with van der Waals surface area (Å²) in [4.78, 5) is 0. The van der Waals surface area contributed by atoms with Crippen molar-refractivity contribution in [1.82, 2.24) is 0 Å². The Morgan fingerprint density at radius 3 is 2.20 bits per heavy atom. The normalized spacial score (nSPS) is 12.4. The van der Waals surface area contributed by atoms with Gasteiger partial charge in [-0.1, -0.05) is 54.6 Å². The second kappa shape index (κ2) is 6.73. The SMILES string of the molecule is C=C[C@H](C=Cc1ccc(CO)cc1)c1ccc(O)cc1. The molecule has 0 aliphatic carbocycles. The van der Waals surface area contributed by atoms with Gasteiger partial charge in [0.25, 0.3) is 0 Å². The third-order valence-corrected chi connectivity index (χ3v) is 3.19. The first kappa shape index (κ1) is 14.1. The smallest absolute Gasteiger partial charge is 0.115 e. The Morgan fingerprint density at radius 1 is 1.00 bits per heavy atom. The minimum atomic E-state index is 0.0623. The lowest BCUT2D eigenvalue weighted by Crippen LogP contribution is -1.90. The van der Waals surface area contributed by atoms with Gasteiger partial charge in [0.15, 0.2) is 0 Å². The molecule has 2 nitrogen and oxygen atoms in total. The van der Waals surface area contributed by atoms with Gasteiger partial charge in [-0.05, 0) is 28.8 Å². The summed E-state index contributed by atoms with van der Waals surface area (Å²) in [5.41, 5.74) is 3.06. The fraction of sp³-hybridized carbons (Fsp3) is 0.111. The summed E-state index contributed by atoms with van der Waals surface area (Å²) >= 11 is 0. The van der Waals surface area contributed by atoms with Crippen molar-refractivity contribution in [3.8, 4) is 5.75 Å². The maximum Gasteiger partial charge on any atom is 0.115 e. The molecule has 2 N–H and O–H groups in total. The van der Waals surface area contributed by atoms with Gasteiger partial charge in [0, 0.05) is 5.92 Å². The molecule has 102 valence electrons. The second-order valence-electron chi connectivity index (χ2n) is 4.61. The van der Waals surface area contributed by atoms with Crippen LogP contribution in [-0.2, 0) is 6.61 Å². The Bertz CT molecular complexity index is 580. The van der Waals surface area contributed by atoms with E-state index < -0.39 is 0 Å². The van der Waals surface area contributed by atoms with Crippen LogP contribution in [0.25, 0.3) is 6.08 Å².